The number of halogens is 2. The van der Waals surface area contributed by atoms with E-state index in [0.717, 1.165) is 11.4 Å². The van der Waals surface area contributed by atoms with Crippen LogP contribution < -0.4 is 4.18 Å². The Labute approximate surface area is 249 Å². The molecule has 0 atom stereocenters. The molecule has 0 radical (unpaired) electrons. The first-order valence-electron chi connectivity index (χ1n) is 13.4. The van der Waals surface area contributed by atoms with E-state index in [9.17, 15) is 18.0 Å². The van der Waals surface area contributed by atoms with Crippen LogP contribution >= 0.6 is 27.5 Å². The zero-order chi connectivity index (χ0) is 29.2. The smallest absolute Gasteiger partial charge is 0.339 e. The van der Waals surface area contributed by atoms with E-state index in [2.05, 4.69) is 48.5 Å². The van der Waals surface area contributed by atoms with Gasteiger partial charge in [0.05, 0.1) is 0 Å². The lowest BCUT2D eigenvalue weighted by Gasteiger charge is -2.49. The van der Waals surface area contributed by atoms with Crippen LogP contribution in [-0.4, -0.2) is 31.4 Å². The molecule has 0 unspecified atom stereocenters. The van der Waals surface area contributed by atoms with Crippen molar-refractivity contribution in [3.05, 3.63) is 80.1 Å². The number of carbonyl (C=O) groups is 2. The van der Waals surface area contributed by atoms with Crippen molar-refractivity contribution in [2.45, 2.75) is 71.1 Å². The molecule has 0 spiro atoms. The van der Waals surface area contributed by atoms with Crippen LogP contribution in [0.3, 0.4) is 0 Å². The van der Waals surface area contributed by atoms with Gasteiger partial charge in [-0.15, -0.1) is 0 Å². The Morgan fingerprint density at radius 2 is 1.43 bits per heavy atom. The second-order valence-electron chi connectivity index (χ2n) is 12.5. The molecule has 1 aliphatic heterocycles. The van der Waals surface area contributed by atoms with Gasteiger partial charge in [0.2, 0.25) is 0 Å². The quantitative estimate of drug-likeness (QED) is 0.312. The average molecular weight is 647 g/mol. The van der Waals surface area contributed by atoms with E-state index in [1.165, 1.54) is 24.3 Å². The van der Waals surface area contributed by atoms with Gasteiger partial charge in [0.15, 0.2) is 11.6 Å². The highest BCUT2D eigenvalue weighted by Crippen LogP contribution is 2.55. The second kappa shape index (κ2) is 10.1. The highest BCUT2D eigenvalue weighted by atomic mass is 79.9. The first-order chi connectivity index (χ1) is 18.6. The average Bonchev–Trinajstić information content (AvgIpc) is 2.82. The number of rotatable bonds is 5. The molecule has 2 aliphatic carbocycles. The fourth-order valence-corrected chi connectivity index (χ4v) is 7.79. The fourth-order valence-electron chi connectivity index (χ4n) is 6.33. The number of benzene rings is 2. The summed E-state index contributed by atoms with van der Waals surface area (Å²) in [4.78, 5) is 30.0. The molecule has 40 heavy (non-hydrogen) atoms. The topological polar surface area (TPSA) is 80.8 Å². The van der Waals surface area contributed by atoms with Crippen molar-refractivity contribution < 1.29 is 22.2 Å². The second-order valence-corrected chi connectivity index (χ2v) is 15.4. The van der Waals surface area contributed by atoms with E-state index in [1.807, 2.05) is 6.92 Å². The minimum absolute atomic E-state index is 0.0228. The summed E-state index contributed by atoms with van der Waals surface area (Å²) in [5.41, 5.74) is 2.97. The molecule has 0 amide bonds. The largest absolute Gasteiger partial charge is 0.379 e. The summed E-state index contributed by atoms with van der Waals surface area (Å²) in [5.74, 6) is -0.689. The molecule has 6 nitrogen and oxygen atoms in total. The molecule has 0 bridgehead atoms. The maximum absolute atomic E-state index is 13.9. The molecule has 0 N–H and O–H groups in total. The third kappa shape index (κ3) is 5.30. The van der Waals surface area contributed by atoms with Crippen LogP contribution in [0.5, 0.6) is 5.75 Å². The number of hydrogen-bond donors (Lipinski definition) is 0. The fraction of sp³-hybridized carbons (Fsp3) is 0.419. The molecule has 0 fully saturated rings. The van der Waals surface area contributed by atoms with E-state index in [-0.39, 0.29) is 33.0 Å². The van der Waals surface area contributed by atoms with Crippen molar-refractivity contribution in [3.8, 4) is 5.75 Å². The Morgan fingerprint density at radius 1 is 0.900 bits per heavy atom. The van der Waals surface area contributed by atoms with Crippen LogP contribution in [0.1, 0.15) is 71.8 Å². The minimum Gasteiger partial charge on any atom is -0.379 e. The number of hydrogen-bond acceptors (Lipinski definition) is 6. The van der Waals surface area contributed by atoms with Gasteiger partial charge in [0.1, 0.15) is 10.6 Å². The summed E-state index contributed by atoms with van der Waals surface area (Å²) in [5, 5.41) is 0.405. The Kier molecular flexibility index (Phi) is 7.37. The summed E-state index contributed by atoms with van der Waals surface area (Å²) >= 11 is 9.50. The lowest BCUT2D eigenvalue weighted by atomic mass is 9.63. The van der Waals surface area contributed by atoms with Crippen LogP contribution in [0.2, 0.25) is 5.02 Å². The van der Waals surface area contributed by atoms with Gasteiger partial charge in [-0.05, 0) is 73.1 Å². The van der Waals surface area contributed by atoms with Gasteiger partial charge in [0.25, 0.3) is 0 Å². The molecule has 9 heteroatoms. The van der Waals surface area contributed by atoms with E-state index >= 15 is 0 Å². The maximum atomic E-state index is 13.9. The molecule has 2 aromatic carbocycles. The van der Waals surface area contributed by atoms with Gasteiger partial charge in [-0.2, -0.15) is 8.42 Å². The first kappa shape index (κ1) is 29.1. The van der Waals surface area contributed by atoms with E-state index < -0.39 is 16.0 Å². The van der Waals surface area contributed by atoms with Crippen LogP contribution in [-0.2, 0) is 19.7 Å². The Balaban J connectivity index is 1.75. The Morgan fingerprint density at radius 3 is 1.93 bits per heavy atom. The molecule has 212 valence electrons. The number of Topliss-reactive ketones (excluding diaryl/α,β-unsaturated/α-hetero) is 2. The summed E-state index contributed by atoms with van der Waals surface area (Å²) in [6.07, 6.45) is 2.04. The van der Waals surface area contributed by atoms with Crippen molar-refractivity contribution in [2.24, 2.45) is 10.8 Å². The van der Waals surface area contributed by atoms with Crippen molar-refractivity contribution in [1.29, 1.82) is 0 Å². The van der Waals surface area contributed by atoms with Crippen LogP contribution in [0.4, 0.5) is 0 Å². The Bertz CT molecular complexity index is 1530. The third-order valence-corrected chi connectivity index (χ3v) is 9.92. The zero-order valence-electron chi connectivity index (χ0n) is 23.3. The predicted octanol–water partition coefficient (Wildman–Crippen LogP) is 7.58. The normalized spacial score (nSPS) is 20.9. The summed E-state index contributed by atoms with van der Waals surface area (Å²) in [6, 6.07) is 10.8. The van der Waals surface area contributed by atoms with Gasteiger partial charge in [-0.25, -0.2) is 0 Å². The van der Waals surface area contributed by atoms with E-state index in [1.54, 1.807) is 18.2 Å². The van der Waals surface area contributed by atoms with E-state index in [0.29, 0.717) is 58.4 Å². The number of nitrogens with zero attached hydrogens (tertiary/aromatic N) is 1. The van der Waals surface area contributed by atoms with Gasteiger partial charge < -0.3 is 9.08 Å². The van der Waals surface area contributed by atoms with Crippen molar-refractivity contribution >= 4 is 49.2 Å². The standard InChI is InChI=1S/C31H33BrClNO5S/c1-6-34-22-14-30(2,3)16-24(35)28(22)27(29-23(34)15-31(4,5)17-25(29)36)21-13-18(32)7-12-26(21)39-40(37,38)20-10-8-19(33)9-11-20/h7-13,27H,6,14-17H2,1-5H3. The lowest BCUT2D eigenvalue weighted by Crippen LogP contribution is -2.44. The van der Waals surface area contributed by atoms with E-state index in [4.69, 9.17) is 15.8 Å². The first-order valence-corrected chi connectivity index (χ1v) is 16.0. The highest BCUT2D eigenvalue weighted by molar-refractivity contribution is 9.10. The molecule has 0 aromatic heterocycles. The van der Waals surface area contributed by atoms with Gasteiger partial charge in [-0.1, -0.05) is 55.2 Å². The number of allylic oxidation sites excluding steroid dienone is 4. The monoisotopic (exact) mass is 645 g/mol. The predicted molar refractivity (Wildman–Crippen MR) is 159 cm³/mol. The molecule has 0 saturated heterocycles. The van der Waals surface area contributed by atoms with Crippen LogP contribution in [0.25, 0.3) is 0 Å². The number of ketones is 2. The van der Waals surface area contributed by atoms with Crippen molar-refractivity contribution in [2.75, 3.05) is 6.54 Å². The minimum atomic E-state index is -4.23. The molecular formula is C31H33BrClNO5S. The summed E-state index contributed by atoms with van der Waals surface area (Å²) in [7, 11) is -4.23. The van der Waals surface area contributed by atoms with Gasteiger partial charge >= 0.3 is 10.1 Å². The third-order valence-electron chi connectivity index (χ3n) is 7.92. The van der Waals surface area contributed by atoms with Crippen LogP contribution in [0.15, 0.2) is 74.4 Å². The number of carbonyl (C=O) groups excluding carboxylic acids is 2. The van der Waals surface area contributed by atoms with Gasteiger partial charge in [0, 0.05) is 62.9 Å². The molecule has 1 heterocycles. The molecule has 0 saturated carbocycles. The summed E-state index contributed by atoms with van der Waals surface area (Å²) < 4.78 is 33.2. The van der Waals surface area contributed by atoms with Crippen LogP contribution in [0, 0.1) is 10.8 Å². The maximum Gasteiger partial charge on any atom is 0.339 e. The molecular weight excluding hydrogens is 614 g/mol. The van der Waals surface area contributed by atoms with Crippen molar-refractivity contribution in [1.82, 2.24) is 4.90 Å². The molecule has 3 aliphatic rings. The summed E-state index contributed by atoms with van der Waals surface area (Å²) in [6.45, 7) is 11.0. The molecule has 2 aromatic rings. The molecule has 5 rings (SSSR count). The van der Waals surface area contributed by atoms with Gasteiger partial charge in [-0.3, -0.25) is 9.59 Å². The highest BCUT2D eigenvalue weighted by Gasteiger charge is 2.49. The lowest BCUT2D eigenvalue weighted by molar-refractivity contribution is -0.119. The SMILES string of the molecule is CCN1C2=C(C(=O)CC(C)(C)C2)C(c2cc(Br)ccc2OS(=O)(=O)c2ccc(Cl)cc2)C2=C1CC(C)(C)CC2=O. The zero-order valence-corrected chi connectivity index (χ0v) is 26.5. The Hall–Kier alpha value is -2.42. The van der Waals surface area contributed by atoms with Crippen molar-refractivity contribution in [3.63, 3.8) is 0 Å².